The number of guanidine groups is 2. The molecule has 22 N–H and O–H groups in total. The molecule has 1 saturated carbocycles. The lowest BCUT2D eigenvalue weighted by Crippen LogP contribution is -2.66. The molecule has 0 aromatic heterocycles. The minimum Gasteiger partial charge on any atom is -0.394 e. The molecule has 34 heteroatoms. The first-order valence-corrected chi connectivity index (χ1v) is 18.7. The smallest absolute Gasteiger partial charge is 0.394 e. The number of likely N-dealkylation sites (N-methyl/N-ethyl adjacent to an activating group) is 1. The zero-order valence-electron chi connectivity index (χ0n) is 28.1. The van der Waals surface area contributed by atoms with Gasteiger partial charge < -0.3 is 82.9 Å². The molecule has 2 saturated heterocycles. The molecule has 3 aliphatic rings. The van der Waals surface area contributed by atoms with Crippen LogP contribution < -0.4 is 28.3 Å². The predicted octanol–water partition coefficient (Wildman–Crippen LogP) is -10.1. The number of aldehydes is 1. The molecule has 15 atom stereocenters. The highest BCUT2D eigenvalue weighted by molar-refractivity contribution is 7.80. The molecule has 0 aromatic carbocycles. The first-order chi connectivity index (χ1) is 24.7. The van der Waals surface area contributed by atoms with Gasteiger partial charge >= 0.3 is 31.2 Å². The van der Waals surface area contributed by atoms with Crippen molar-refractivity contribution in [3.05, 3.63) is 0 Å². The molecule has 3 rings (SSSR count). The van der Waals surface area contributed by atoms with Crippen LogP contribution in [0.15, 0.2) is 9.98 Å². The summed E-state index contributed by atoms with van der Waals surface area (Å²) in [7, 11) is -12.6. The summed E-state index contributed by atoms with van der Waals surface area (Å²) in [6.45, 7) is 0.620. The van der Waals surface area contributed by atoms with Gasteiger partial charge in [-0.15, -0.1) is 0 Å². The second-order valence-corrected chi connectivity index (χ2v) is 13.9. The zero-order valence-corrected chi connectivity index (χ0v) is 30.5. The standard InChI is InChI=1S/C21H39N7O12.3H2O4S/c1-5-21(36,4-30)16(40-17-9(26-2)13(34)10(31)6(3-29)38-17)18(37-5)39-15-8(28-20(24)25)11(32)7(27-19(22)23)12(33)14(15)35;3*1-5(2,3)4/h4-18,26,29,31-36H,3H2,1-2H3,(H4,22,23,27)(H4,24,25,28);3*(H2,1,2,3,4)/t5-,6-,7+,8-,9-,10-,11+,12-,13-,14+,15+,16-,17-,18+,21+;;;/m0.../s1. The van der Waals surface area contributed by atoms with Gasteiger partial charge in [0, 0.05) is 0 Å². The Morgan fingerprint density at radius 3 is 1.55 bits per heavy atom. The second-order valence-electron chi connectivity index (χ2n) is 11.2. The van der Waals surface area contributed by atoms with E-state index in [4.69, 9.17) is 94.5 Å². The average Bonchev–Trinajstić information content (AvgIpc) is 3.23. The average molecular weight is 876 g/mol. The Kier molecular flexibility index (Phi) is 20.2. The van der Waals surface area contributed by atoms with Crippen LogP contribution in [0.2, 0.25) is 0 Å². The molecule has 0 aromatic rings. The van der Waals surface area contributed by atoms with Crippen molar-refractivity contribution in [1.82, 2.24) is 5.32 Å². The van der Waals surface area contributed by atoms with Gasteiger partial charge in [0.25, 0.3) is 0 Å². The van der Waals surface area contributed by atoms with Crippen molar-refractivity contribution in [2.75, 3.05) is 13.7 Å². The molecule has 0 spiro atoms. The molecule has 2 heterocycles. The fourth-order valence-electron chi connectivity index (χ4n) is 5.08. The Bertz CT molecular complexity index is 1520. The lowest BCUT2D eigenvalue weighted by molar-refractivity contribution is -0.314. The molecule has 0 unspecified atom stereocenters. The number of rotatable bonds is 9. The highest BCUT2D eigenvalue weighted by Gasteiger charge is 2.60. The van der Waals surface area contributed by atoms with Crippen LogP contribution in [0.4, 0.5) is 0 Å². The third-order valence-electron chi connectivity index (χ3n) is 7.34. The van der Waals surface area contributed by atoms with Crippen LogP contribution in [0.5, 0.6) is 0 Å². The Labute approximate surface area is 311 Å². The van der Waals surface area contributed by atoms with Gasteiger partial charge in [-0.25, -0.2) is 9.98 Å². The van der Waals surface area contributed by atoms with Crippen molar-refractivity contribution < 1.29 is 112 Å². The largest absolute Gasteiger partial charge is 0.394 e. The van der Waals surface area contributed by atoms with Crippen LogP contribution in [0.1, 0.15) is 6.92 Å². The monoisotopic (exact) mass is 875 g/mol. The second kappa shape index (κ2) is 21.2. The Balaban J connectivity index is 0.00000164. The maximum Gasteiger partial charge on any atom is 0.394 e. The van der Waals surface area contributed by atoms with Gasteiger partial charge in [0.05, 0.1) is 18.8 Å². The summed E-state index contributed by atoms with van der Waals surface area (Å²) >= 11 is 0. The van der Waals surface area contributed by atoms with Gasteiger partial charge in [0.2, 0.25) is 0 Å². The Morgan fingerprint density at radius 1 is 0.727 bits per heavy atom. The molecule has 326 valence electrons. The van der Waals surface area contributed by atoms with E-state index in [0.717, 1.165) is 0 Å². The molecular weight excluding hydrogens is 830 g/mol. The molecule has 55 heavy (non-hydrogen) atoms. The number of aliphatic hydroxyl groups excluding tert-OH is 6. The fourth-order valence-corrected chi connectivity index (χ4v) is 5.08. The van der Waals surface area contributed by atoms with E-state index in [1.807, 2.05) is 0 Å². The van der Waals surface area contributed by atoms with Crippen molar-refractivity contribution in [1.29, 1.82) is 0 Å². The third kappa shape index (κ3) is 17.6. The molecule has 31 nitrogen and oxygen atoms in total. The van der Waals surface area contributed by atoms with Crippen LogP contribution in [-0.4, -0.2) is 211 Å². The van der Waals surface area contributed by atoms with Crippen molar-refractivity contribution in [3.8, 4) is 0 Å². The number of carbonyl (C=O) groups is 1. The minimum absolute atomic E-state index is 0.140. The first kappa shape index (κ1) is 52.3. The maximum atomic E-state index is 12.1. The number of nitrogens with zero attached hydrogens (tertiary/aromatic N) is 2. The van der Waals surface area contributed by atoms with Gasteiger partial charge in [0.1, 0.15) is 60.9 Å². The fraction of sp³-hybridized carbons (Fsp3) is 0.857. The Morgan fingerprint density at radius 2 is 1.16 bits per heavy atom. The van der Waals surface area contributed by atoms with E-state index < -0.39 is 141 Å². The van der Waals surface area contributed by atoms with Crippen molar-refractivity contribution in [2.24, 2.45) is 32.9 Å². The van der Waals surface area contributed by atoms with E-state index in [1.165, 1.54) is 14.0 Å². The van der Waals surface area contributed by atoms with Crippen molar-refractivity contribution in [3.63, 3.8) is 0 Å². The van der Waals surface area contributed by atoms with Crippen LogP contribution in [0.3, 0.4) is 0 Å². The lowest BCUT2D eigenvalue weighted by atomic mass is 9.81. The summed E-state index contributed by atoms with van der Waals surface area (Å²) in [6, 6.07) is -4.08. The highest BCUT2D eigenvalue weighted by Crippen LogP contribution is 2.38. The number of hydrogen-bond donors (Lipinski definition) is 18. The summed E-state index contributed by atoms with van der Waals surface area (Å²) in [5.41, 5.74) is 19.4. The van der Waals surface area contributed by atoms with Crippen molar-refractivity contribution in [2.45, 2.75) is 98.2 Å². The van der Waals surface area contributed by atoms with Gasteiger partial charge in [-0.1, -0.05) is 0 Å². The maximum absolute atomic E-state index is 12.1. The molecule has 0 amide bonds. The first-order valence-electron chi connectivity index (χ1n) is 14.5. The summed E-state index contributed by atoms with van der Waals surface area (Å²) < 4.78 is 118. The van der Waals surface area contributed by atoms with Crippen LogP contribution >= 0.6 is 0 Å². The van der Waals surface area contributed by atoms with E-state index in [-0.39, 0.29) is 6.29 Å². The SMILES string of the molecule is CN[C@@H]1[C@H](O[C@H]2[C@@H](O[C@H]3[C@H](O)[C@@H](O)[C@H](N=C(N)N)[C@@H](O)[C@@H]3N=C(N)N)O[C@@H](C)[C@]2(O)C=O)O[C@@H](CO)[C@H](O)[C@H]1O.O=S(=O)(O)O.O=S(=O)(O)O.O=S(=O)(O)O. The molecule has 1 aliphatic carbocycles. The summed E-state index contributed by atoms with van der Waals surface area (Å²) in [4.78, 5) is 19.7. The van der Waals surface area contributed by atoms with Crippen LogP contribution in [0.25, 0.3) is 0 Å². The van der Waals surface area contributed by atoms with Crippen LogP contribution in [-0.2, 0) is 54.9 Å². The van der Waals surface area contributed by atoms with E-state index in [0.29, 0.717) is 0 Å². The minimum atomic E-state index is -4.67. The zero-order chi connectivity index (χ0) is 43.6. The number of aliphatic hydroxyl groups is 7. The van der Waals surface area contributed by atoms with E-state index in [2.05, 4.69) is 15.3 Å². The topological polar surface area (TPSA) is 560 Å². The molecular formula is C21H45N7O24S3. The number of hydrogen-bond acceptors (Lipinski definition) is 21. The number of nitrogens with one attached hydrogen (secondary N) is 1. The Hall–Kier alpha value is -2.66. The molecule has 2 aliphatic heterocycles. The van der Waals surface area contributed by atoms with Crippen molar-refractivity contribution >= 4 is 49.4 Å². The number of aliphatic imine (C=N–C) groups is 2. The van der Waals surface area contributed by atoms with E-state index in [1.54, 1.807) is 0 Å². The number of carbonyl (C=O) groups excluding carboxylic acids is 1. The van der Waals surface area contributed by atoms with Gasteiger partial charge in [-0.2, -0.15) is 25.3 Å². The normalized spacial score (nSPS) is 37.7. The highest BCUT2D eigenvalue weighted by atomic mass is 32.3. The number of nitrogens with two attached hydrogens (primary N) is 4. The van der Waals surface area contributed by atoms with E-state index in [9.17, 15) is 40.5 Å². The lowest BCUT2D eigenvalue weighted by Gasteiger charge is -2.45. The predicted molar refractivity (Wildman–Crippen MR) is 175 cm³/mol. The van der Waals surface area contributed by atoms with Gasteiger partial charge in [-0.05, 0) is 14.0 Å². The van der Waals surface area contributed by atoms with Gasteiger partial charge in [0.15, 0.2) is 36.4 Å². The third-order valence-corrected chi connectivity index (χ3v) is 7.34. The van der Waals surface area contributed by atoms with Crippen LogP contribution in [0, 0.1) is 0 Å². The quantitative estimate of drug-likeness (QED) is 0.0442. The van der Waals surface area contributed by atoms with Gasteiger partial charge in [-0.3, -0.25) is 32.1 Å². The molecule has 3 fully saturated rings. The summed E-state index contributed by atoms with van der Waals surface area (Å²) in [5, 5.41) is 76.6. The molecule has 0 bridgehead atoms. The summed E-state index contributed by atoms with van der Waals surface area (Å²) in [6.07, 6.45) is -17.3. The van der Waals surface area contributed by atoms with E-state index >= 15 is 0 Å². The summed E-state index contributed by atoms with van der Waals surface area (Å²) in [5.74, 6) is -1.03. The number of ether oxygens (including phenoxy) is 4. The molecule has 0 radical (unpaired) electrons.